The first-order valence-corrected chi connectivity index (χ1v) is 24.1. The Morgan fingerprint density at radius 2 is 1.35 bits per heavy atom. The lowest BCUT2D eigenvalue weighted by atomic mass is 9.80. The Morgan fingerprint density at radius 3 is 1.97 bits per heavy atom. The van der Waals surface area contributed by atoms with Gasteiger partial charge in [0.1, 0.15) is 17.1 Å². The highest BCUT2D eigenvalue weighted by atomic mass is 32.2. The number of hydrogen-bond donors (Lipinski definition) is 1. The minimum atomic E-state index is -2.21. The maximum absolute atomic E-state index is 14.3. The summed E-state index contributed by atoms with van der Waals surface area (Å²) in [6.45, 7) is 11.7. The van der Waals surface area contributed by atoms with Crippen LogP contribution in [0, 0.1) is 0 Å². The van der Waals surface area contributed by atoms with Crippen molar-refractivity contribution in [1.82, 2.24) is 5.32 Å². The summed E-state index contributed by atoms with van der Waals surface area (Å²) in [6.07, 6.45) is 4.24. The molecule has 0 saturated carbocycles. The van der Waals surface area contributed by atoms with Crippen molar-refractivity contribution in [3.05, 3.63) is 167 Å². The van der Waals surface area contributed by atoms with E-state index >= 15 is 0 Å². The molecule has 10 heteroatoms. The van der Waals surface area contributed by atoms with Crippen molar-refractivity contribution < 1.29 is 28.0 Å². The van der Waals surface area contributed by atoms with Crippen LogP contribution in [0.3, 0.4) is 0 Å². The molecular formula is C50H56N3O5SSi+. The molecule has 0 fully saturated rings. The summed E-state index contributed by atoms with van der Waals surface area (Å²) in [7, 11) is 3.21. The molecule has 1 aromatic heterocycles. The second-order valence-electron chi connectivity index (χ2n) is 16.7. The maximum atomic E-state index is 14.3. The topological polar surface area (TPSA) is 73.1 Å². The Labute approximate surface area is 360 Å². The Balaban J connectivity index is 1.21. The standard InChI is InChI=1S/C50H55N3O5SSi/c1-49(2,3)60(7,8)58-35-40(34-57-50(37-16-10-9-11-17-37,38-22-26-41(55-5)27-23-38)39-24-28-42(56-6)29-25-39)51-47(54)33-53-31-30-36(43-18-12-13-19-44(43)53)32-48-52(4)45-20-14-15-21-46(45)59-48/h9-32,40H,33-35H2,1-8H3/p+1/t40-/m0/s1. The van der Waals surface area contributed by atoms with Gasteiger partial charge in [-0.3, -0.25) is 4.79 Å². The van der Waals surface area contributed by atoms with Gasteiger partial charge < -0.3 is 28.9 Å². The zero-order valence-electron chi connectivity index (χ0n) is 35.9. The minimum absolute atomic E-state index is 0.0250. The highest BCUT2D eigenvalue weighted by Gasteiger charge is 2.41. The number of carbonyl (C=O) groups is 1. The van der Waals surface area contributed by atoms with Gasteiger partial charge in [0, 0.05) is 24.1 Å². The van der Waals surface area contributed by atoms with Crippen LogP contribution in [0.25, 0.3) is 17.0 Å². The minimum Gasteiger partial charge on any atom is -0.497 e. The molecule has 0 unspecified atom stereocenters. The summed E-state index contributed by atoms with van der Waals surface area (Å²) in [5.74, 6) is 1.35. The number of para-hydroxylation sites is 2. The molecule has 1 amide bonds. The maximum Gasteiger partial charge on any atom is 0.286 e. The van der Waals surface area contributed by atoms with Gasteiger partial charge in [0.05, 0.1) is 49.6 Å². The third-order valence-electron chi connectivity index (χ3n) is 11.8. The highest BCUT2D eigenvalue weighted by Crippen LogP contribution is 2.46. The molecule has 0 aliphatic carbocycles. The van der Waals surface area contributed by atoms with E-state index in [1.165, 1.54) is 10.6 Å². The van der Waals surface area contributed by atoms with E-state index in [0.29, 0.717) is 6.61 Å². The van der Waals surface area contributed by atoms with Crippen LogP contribution in [0.15, 0.2) is 150 Å². The van der Waals surface area contributed by atoms with Crippen molar-refractivity contribution in [2.75, 3.05) is 39.4 Å². The van der Waals surface area contributed by atoms with Crippen LogP contribution >= 0.6 is 11.8 Å². The largest absolute Gasteiger partial charge is 0.497 e. The van der Waals surface area contributed by atoms with Crippen molar-refractivity contribution in [2.24, 2.45) is 0 Å². The lowest BCUT2D eigenvalue weighted by Crippen LogP contribution is -2.52. The molecule has 7 rings (SSSR count). The van der Waals surface area contributed by atoms with Crippen LogP contribution in [-0.4, -0.2) is 54.7 Å². The van der Waals surface area contributed by atoms with Gasteiger partial charge in [0.2, 0.25) is 12.1 Å². The van der Waals surface area contributed by atoms with E-state index in [1.807, 2.05) is 89.6 Å². The molecule has 6 aromatic rings. The Kier molecular flexibility index (Phi) is 12.9. The summed E-state index contributed by atoms with van der Waals surface area (Å²) < 4.78 is 27.3. The number of nitrogens with one attached hydrogen (secondary N) is 1. The number of amides is 1. The van der Waals surface area contributed by atoms with Gasteiger partial charge in [-0.25, -0.2) is 0 Å². The number of benzene rings is 5. The third-order valence-corrected chi connectivity index (χ3v) is 17.5. The fourth-order valence-corrected chi connectivity index (χ4v) is 9.49. The number of thioether (sulfide) groups is 1. The first-order chi connectivity index (χ1) is 28.8. The molecule has 310 valence electrons. The summed E-state index contributed by atoms with van der Waals surface area (Å²) >= 11 is 1.77. The average molecular weight is 839 g/mol. The van der Waals surface area contributed by atoms with E-state index in [1.54, 1.807) is 26.0 Å². The molecule has 5 aromatic carbocycles. The average Bonchev–Trinajstić information content (AvgIpc) is 3.58. The molecule has 8 nitrogen and oxygen atoms in total. The summed E-state index contributed by atoms with van der Waals surface area (Å²) in [4.78, 5) is 17.8. The summed E-state index contributed by atoms with van der Waals surface area (Å²) in [5, 5.41) is 5.55. The van der Waals surface area contributed by atoms with Crippen molar-refractivity contribution in [3.8, 4) is 11.5 Å². The Hall–Kier alpha value is -5.39. The fraction of sp³-hybridized carbons (Fsp3) is 0.280. The number of fused-ring (bicyclic) bond motifs is 2. The first-order valence-electron chi connectivity index (χ1n) is 20.4. The number of nitrogens with zero attached hydrogens (tertiary/aromatic N) is 2. The van der Waals surface area contributed by atoms with Crippen molar-refractivity contribution in [3.63, 3.8) is 0 Å². The smallest absolute Gasteiger partial charge is 0.286 e. The van der Waals surface area contributed by atoms with E-state index < -0.39 is 20.0 Å². The van der Waals surface area contributed by atoms with Crippen molar-refractivity contribution >= 4 is 48.7 Å². The van der Waals surface area contributed by atoms with Crippen LogP contribution in [0.5, 0.6) is 11.5 Å². The third kappa shape index (κ3) is 9.02. The molecule has 1 atom stereocenters. The monoisotopic (exact) mass is 838 g/mol. The SMILES string of the molecule is COc1ccc(C(OC[C@@H](CO[Si](C)(C)C(C)(C)C)NC(=O)C[n+]2ccc(C=C3Sc4ccccc4N3C)c3ccccc32)(c2ccccc2)c2ccc(OC)cc2)cc1. The van der Waals surface area contributed by atoms with Gasteiger partial charge in [-0.1, -0.05) is 111 Å². The molecule has 1 aliphatic heterocycles. The number of anilines is 1. The molecule has 0 bridgehead atoms. The molecule has 1 N–H and O–H groups in total. The van der Waals surface area contributed by atoms with Crippen LogP contribution in [0.4, 0.5) is 5.69 Å². The molecule has 1 aliphatic rings. The van der Waals surface area contributed by atoms with Gasteiger partial charge in [-0.2, -0.15) is 4.57 Å². The first kappa shape index (κ1) is 42.7. The van der Waals surface area contributed by atoms with Crippen molar-refractivity contribution in [1.29, 1.82) is 0 Å². The Morgan fingerprint density at radius 1 is 0.767 bits per heavy atom. The van der Waals surface area contributed by atoms with Crippen LogP contribution in [-0.2, 0) is 26.1 Å². The van der Waals surface area contributed by atoms with Gasteiger partial charge in [0.25, 0.3) is 5.91 Å². The number of rotatable bonds is 15. The van der Waals surface area contributed by atoms with E-state index in [-0.39, 0.29) is 24.1 Å². The molecule has 0 saturated heterocycles. The lowest BCUT2D eigenvalue weighted by molar-refractivity contribution is -0.658. The molecule has 0 spiro atoms. The quantitative estimate of drug-likeness (QED) is 0.0627. The number of carbonyl (C=O) groups excluding carboxylic acids is 1. The molecule has 2 heterocycles. The molecule has 0 radical (unpaired) electrons. The van der Waals surface area contributed by atoms with Crippen molar-refractivity contribution in [2.45, 2.75) is 62.0 Å². The predicted molar refractivity (Wildman–Crippen MR) is 246 cm³/mol. The molecule has 60 heavy (non-hydrogen) atoms. The zero-order valence-corrected chi connectivity index (χ0v) is 37.7. The fourth-order valence-electron chi connectivity index (χ4n) is 7.34. The van der Waals surface area contributed by atoms with Gasteiger partial charge in [-0.05, 0) is 88.9 Å². The van der Waals surface area contributed by atoms with E-state index in [4.69, 9.17) is 18.6 Å². The predicted octanol–water partition coefficient (Wildman–Crippen LogP) is 10.2. The number of pyridine rings is 1. The lowest BCUT2D eigenvalue weighted by Gasteiger charge is -2.39. The number of methoxy groups -OCH3 is 2. The molecular weight excluding hydrogens is 783 g/mol. The van der Waals surface area contributed by atoms with Gasteiger partial charge in [0.15, 0.2) is 14.5 Å². The van der Waals surface area contributed by atoms with Crippen LogP contribution in [0.1, 0.15) is 43.0 Å². The number of ether oxygens (including phenoxy) is 3. The van der Waals surface area contributed by atoms with E-state index in [9.17, 15) is 4.79 Å². The zero-order chi connectivity index (χ0) is 42.5. The van der Waals surface area contributed by atoms with Crippen LogP contribution < -0.4 is 24.3 Å². The summed E-state index contributed by atoms with van der Waals surface area (Å²) in [6, 6.07) is 44.5. The van der Waals surface area contributed by atoms with E-state index in [0.717, 1.165) is 49.7 Å². The van der Waals surface area contributed by atoms with Gasteiger partial charge in [-0.15, -0.1) is 0 Å². The normalized spacial score (nSPS) is 14.3. The Bertz CT molecular complexity index is 2400. The number of hydrogen-bond acceptors (Lipinski definition) is 7. The highest BCUT2D eigenvalue weighted by molar-refractivity contribution is 8.03. The summed E-state index contributed by atoms with van der Waals surface area (Å²) in [5.41, 5.74) is 4.98. The van der Waals surface area contributed by atoms with E-state index in [2.05, 4.69) is 112 Å². The van der Waals surface area contributed by atoms with Crippen LogP contribution in [0.2, 0.25) is 18.1 Å². The van der Waals surface area contributed by atoms with Gasteiger partial charge >= 0.3 is 0 Å². The second kappa shape index (κ2) is 18.1. The second-order valence-corrected chi connectivity index (χ2v) is 22.6. The number of aromatic nitrogens is 1.